The van der Waals surface area contributed by atoms with Crippen molar-refractivity contribution in [1.29, 1.82) is 0 Å². The number of hydrogen-bond donors (Lipinski definition) is 2. The van der Waals surface area contributed by atoms with Gasteiger partial charge in [0, 0.05) is 5.54 Å². The number of esters is 1. The molecule has 1 aromatic carbocycles. The average molecular weight is 546 g/mol. The second-order valence-corrected chi connectivity index (χ2v) is 16.5. The molecule has 4 saturated carbocycles. The zero-order chi connectivity index (χ0) is 28.4. The van der Waals surface area contributed by atoms with Crippen LogP contribution in [0.15, 0.2) is 42.0 Å². The molecule has 1 saturated heterocycles. The predicted octanol–water partition coefficient (Wildman–Crippen LogP) is 7.35. The molecule has 4 nitrogen and oxygen atoms in total. The highest BCUT2D eigenvalue weighted by Crippen LogP contribution is 2.78. The molecule has 0 radical (unpaired) electrons. The fourth-order valence-corrected chi connectivity index (χ4v) is 11.8. The maximum absolute atomic E-state index is 14.2. The first-order valence-electron chi connectivity index (χ1n) is 16.2. The van der Waals surface area contributed by atoms with Gasteiger partial charge in [-0.25, -0.2) is 0 Å². The molecular formula is C36H51NO3. The van der Waals surface area contributed by atoms with Crippen LogP contribution in [0.25, 0.3) is 0 Å². The standard InChI is InChI=1S/C36H51NO3/c1-30(2)16-19-35(29(39)40-23-24-10-8-7-9-11-24)20-17-31(3)25(26(35)22-30)12-13-27-32(31,4)18-21-36-33(27,5)15-14-28(38)34(36,6)37-36/h7-12,26-28,37-38H,13-23H2,1-6H3. The Hall–Kier alpha value is -1.65. The summed E-state index contributed by atoms with van der Waals surface area (Å²) in [7, 11) is 0. The average Bonchev–Trinajstić information content (AvgIpc) is 3.57. The van der Waals surface area contributed by atoms with Crippen molar-refractivity contribution >= 4 is 5.97 Å². The molecular weight excluding hydrogens is 494 g/mol. The Morgan fingerprint density at radius 1 is 0.925 bits per heavy atom. The minimum atomic E-state index is -0.399. The molecule has 9 atom stereocenters. The van der Waals surface area contributed by atoms with Crippen molar-refractivity contribution in [3.8, 4) is 0 Å². The molecule has 0 bridgehead atoms. The van der Waals surface area contributed by atoms with E-state index in [0.717, 1.165) is 63.4 Å². The van der Waals surface area contributed by atoms with E-state index >= 15 is 0 Å². The quantitative estimate of drug-likeness (QED) is 0.237. The predicted molar refractivity (Wildman–Crippen MR) is 158 cm³/mol. The summed E-state index contributed by atoms with van der Waals surface area (Å²) in [5.41, 5.74) is 2.86. The van der Waals surface area contributed by atoms with Gasteiger partial charge in [-0.3, -0.25) is 10.1 Å². The molecule has 5 fully saturated rings. The first kappa shape index (κ1) is 27.2. The molecule has 1 aliphatic heterocycles. The van der Waals surface area contributed by atoms with Crippen LogP contribution in [0.1, 0.15) is 111 Å². The lowest BCUT2D eigenvalue weighted by Crippen LogP contribution is -2.66. The van der Waals surface area contributed by atoms with E-state index in [-0.39, 0.29) is 50.7 Å². The van der Waals surface area contributed by atoms with E-state index in [2.05, 4.69) is 65.1 Å². The maximum atomic E-state index is 14.2. The SMILES string of the molecule is CC1(C)CCC2(C(=O)OCc3ccccc3)CCC3(C)C(=CCC4C3(C)CCC35NC3(C)C(O)CCC45C)C2C1. The van der Waals surface area contributed by atoms with Gasteiger partial charge < -0.3 is 9.84 Å². The highest BCUT2D eigenvalue weighted by Gasteiger charge is 2.81. The number of aliphatic hydroxyl groups excluding tert-OH is 1. The lowest BCUT2D eigenvalue weighted by atomic mass is 9.34. The normalized spacial score (nSPS) is 50.2. The van der Waals surface area contributed by atoms with Gasteiger partial charge >= 0.3 is 5.97 Å². The molecule has 9 unspecified atom stereocenters. The van der Waals surface area contributed by atoms with Gasteiger partial charge in [0.25, 0.3) is 0 Å². The Labute approximate surface area is 241 Å². The number of hydrogen-bond acceptors (Lipinski definition) is 4. The molecule has 5 aliphatic carbocycles. The van der Waals surface area contributed by atoms with E-state index < -0.39 is 5.41 Å². The number of ether oxygens (including phenoxy) is 1. The van der Waals surface area contributed by atoms with Gasteiger partial charge in [0.2, 0.25) is 0 Å². The molecule has 0 amide bonds. The van der Waals surface area contributed by atoms with E-state index in [1.165, 1.54) is 6.42 Å². The molecule has 40 heavy (non-hydrogen) atoms. The Morgan fingerprint density at radius 2 is 1.65 bits per heavy atom. The molecule has 1 aromatic rings. The Kier molecular flexibility index (Phi) is 5.61. The summed E-state index contributed by atoms with van der Waals surface area (Å²) in [4.78, 5) is 14.2. The van der Waals surface area contributed by atoms with Crippen LogP contribution < -0.4 is 5.32 Å². The monoisotopic (exact) mass is 545 g/mol. The molecule has 218 valence electrons. The second kappa shape index (κ2) is 8.25. The second-order valence-electron chi connectivity index (χ2n) is 16.5. The minimum absolute atomic E-state index is 0.0425. The van der Waals surface area contributed by atoms with Crippen LogP contribution >= 0.6 is 0 Å². The van der Waals surface area contributed by atoms with Gasteiger partial charge in [-0.2, -0.15) is 0 Å². The fourth-order valence-electron chi connectivity index (χ4n) is 11.8. The molecule has 4 heteroatoms. The van der Waals surface area contributed by atoms with E-state index in [1.807, 2.05) is 18.2 Å². The number of aliphatic hydroxyl groups is 1. The summed E-state index contributed by atoms with van der Waals surface area (Å²) in [5, 5.41) is 14.9. The van der Waals surface area contributed by atoms with Crippen molar-refractivity contribution in [3.63, 3.8) is 0 Å². The zero-order valence-electron chi connectivity index (χ0n) is 25.7. The molecule has 0 aromatic heterocycles. The summed E-state index contributed by atoms with van der Waals surface area (Å²) in [6, 6.07) is 10.2. The van der Waals surface area contributed by atoms with E-state index in [1.54, 1.807) is 5.57 Å². The Bertz CT molecular complexity index is 1260. The van der Waals surface area contributed by atoms with Crippen LogP contribution in [0.5, 0.6) is 0 Å². The van der Waals surface area contributed by atoms with Crippen molar-refractivity contribution in [2.75, 3.05) is 0 Å². The highest BCUT2D eigenvalue weighted by molar-refractivity contribution is 5.79. The third kappa shape index (κ3) is 3.19. The van der Waals surface area contributed by atoms with Crippen molar-refractivity contribution in [1.82, 2.24) is 5.32 Å². The summed E-state index contributed by atoms with van der Waals surface area (Å²) in [6.07, 6.45) is 12.9. The minimum Gasteiger partial charge on any atom is -0.460 e. The van der Waals surface area contributed by atoms with Crippen molar-refractivity contribution in [3.05, 3.63) is 47.5 Å². The molecule has 2 N–H and O–H groups in total. The fraction of sp³-hybridized carbons (Fsp3) is 0.750. The highest BCUT2D eigenvalue weighted by atomic mass is 16.5. The van der Waals surface area contributed by atoms with Gasteiger partial charge in [-0.1, -0.05) is 76.6 Å². The van der Waals surface area contributed by atoms with Crippen molar-refractivity contribution < 1.29 is 14.6 Å². The third-order valence-corrected chi connectivity index (χ3v) is 14.6. The number of benzene rings is 1. The molecule has 7 rings (SSSR count). The topological polar surface area (TPSA) is 68.5 Å². The smallest absolute Gasteiger partial charge is 0.313 e. The largest absolute Gasteiger partial charge is 0.460 e. The van der Waals surface area contributed by atoms with Crippen LogP contribution in [-0.4, -0.2) is 28.3 Å². The van der Waals surface area contributed by atoms with Gasteiger partial charge in [0.1, 0.15) is 6.61 Å². The summed E-state index contributed by atoms with van der Waals surface area (Å²) < 4.78 is 6.17. The van der Waals surface area contributed by atoms with Crippen LogP contribution in [0, 0.1) is 38.9 Å². The van der Waals surface area contributed by atoms with Crippen LogP contribution in [0.3, 0.4) is 0 Å². The lowest BCUT2D eigenvalue weighted by Gasteiger charge is -2.69. The number of allylic oxidation sites excluding steroid dienone is 2. The van der Waals surface area contributed by atoms with Gasteiger partial charge in [-0.15, -0.1) is 0 Å². The van der Waals surface area contributed by atoms with Gasteiger partial charge in [0.15, 0.2) is 0 Å². The Balaban J connectivity index is 1.25. The number of rotatable bonds is 3. The van der Waals surface area contributed by atoms with Crippen molar-refractivity contribution in [2.24, 2.45) is 38.9 Å². The summed E-state index contributed by atoms with van der Waals surface area (Å²) in [5.74, 6) is 0.886. The summed E-state index contributed by atoms with van der Waals surface area (Å²) in [6.45, 7) is 15.2. The Morgan fingerprint density at radius 3 is 2.40 bits per heavy atom. The first-order chi connectivity index (χ1) is 18.8. The van der Waals surface area contributed by atoms with Crippen molar-refractivity contribution in [2.45, 2.75) is 130 Å². The number of carbonyl (C=O) groups excluding carboxylic acids is 1. The van der Waals surface area contributed by atoms with Crippen LogP contribution in [0.4, 0.5) is 0 Å². The van der Waals surface area contributed by atoms with E-state index in [0.29, 0.717) is 12.5 Å². The molecule has 1 spiro atoms. The van der Waals surface area contributed by atoms with Gasteiger partial charge in [0.05, 0.1) is 17.1 Å². The zero-order valence-corrected chi connectivity index (χ0v) is 25.7. The van der Waals surface area contributed by atoms with E-state index in [4.69, 9.17) is 4.74 Å². The van der Waals surface area contributed by atoms with Crippen LogP contribution in [0.2, 0.25) is 0 Å². The number of nitrogens with one attached hydrogen (secondary N) is 1. The van der Waals surface area contributed by atoms with Gasteiger partial charge in [-0.05, 0) is 110 Å². The first-order valence-corrected chi connectivity index (χ1v) is 16.2. The van der Waals surface area contributed by atoms with Crippen LogP contribution in [-0.2, 0) is 16.1 Å². The molecule has 6 aliphatic rings. The summed E-state index contributed by atoms with van der Waals surface area (Å²) >= 11 is 0. The maximum Gasteiger partial charge on any atom is 0.313 e. The number of carbonyl (C=O) groups is 1. The molecule has 1 heterocycles. The third-order valence-electron chi connectivity index (χ3n) is 14.6. The van der Waals surface area contributed by atoms with E-state index in [9.17, 15) is 9.90 Å². The lowest BCUT2D eigenvalue weighted by molar-refractivity contribution is -0.180. The number of fused-ring (bicyclic) bond motifs is 6.